The highest BCUT2D eigenvalue weighted by molar-refractivity contribution is 7.99. The quantitative estimate of drug-likeness (QED) is 0.327. The van der Waals surface area contributed by atoms with Crippen LogP contribution in [0.4, 0.5) is 0 Å². The zero-order valence-electron chi connectivity index (χ0n) is 15.2. The van der Waals surface area contributed by atoms with Gasteiger partial charge in [-0.1, -0.05) is 0 Å². The van der Waals surface area contributed by atoms with Gasteiger partial charge < -0.3 is 9.64 Å². The van der Waals surface area contributed by atoms with Crippen molar-refractivity contribution in [3.8, 4) is 11.4 Å². The summed E-state index contributed by atoms with van der Waals surface area (Å²) in [5.41, 5.74) is 1.47. The Kier molecular flexibility index (Phi) is 4.73. The maximum absolute atomic E-state index is 13.3. The summed E-state index contributed by atoms with van der Waals surface area (Å²) in [6.45, 7) is 0.554. The molecule has 0 N–H and O–H groups in total. The van der Waals surface area contributed by atoms with Crippen LogP contribution in [0.5, 0.6) is 5.75 Å². The lowest BCUT2D eigenvalue weighted by Crippen LogP contribution is -2.20. The molecule has 0 amide bonds. The minimum atomic E-state index is -0.250. The largest absolute Gasteiger partial charge is 0.489 e. The smallest absolute Gasteiger partial charge is 0.199 e. The van der Waals surface area contributed by atoms with E-state index in [1.807, 2.05) is 14.1 Å². The molecule has 4 rings (SSSR count). The number of hydrogen-bond donors (Lipinski definition) is 0. The first kappa shape index (κ1) is 17.8. The Hall–Kier alpha value is -2.61. The van der Waals surface area contributed by atoms with E-state index in [-0.39, 0.29) is 23.1 Å². The number of nitrogens with zero attached hydrogens (tertiary/aromatic N) is 4. The van der Waals surface area contributed by atoms with E-state index in [1.165, 1.54) is 6.33 Å². The molecule has 8 heteroatoms. The molecule has 2 aliphatic rings. The van der Waals surface area contributed by atoms with Crippen LogP contribution in [0.1, 0.15) is 23.2 Å². The number of benzene rings is 1. The molecule has 1 aromatic carbocycles. The fourth-order valence-electron chi connectivity index (χ4n) is 3.02. The second-order valence-electron chi connectivity index (χ2n) is 6.80. The van der Waals surface area contributed by atoms with Gasteiger partial charge in [0.2, 0.25) is 0 Å². The molecule has 0 radical (unpaired) electrons. The van der Waals surface area contributed by atoms with Crippen molar-refractivity contribution in [2.24, 2.45) is 5.92 Å². The van der Waals surface area contributed by atoms with E-state index in [0.29, 0.717) is 17.9 Å². The summed E-state index contributed by atoms with van der Waals surface area (Å²) in [5, 5.41) is 4.16. The highest BCUT2D eigenvalue weighted by Crippen LogP contribution is 2.42. The Balaban J connectivity index is 1.78. The average molecular weight is 384 g/mol. The van der Waals surface area contributed by atoms with E-state index < -0.39 is 0 Å². The first-order valence-electron chi connectivity index (χ1n) is 8.81. The fraction of sp³-hybridized carbons (Fsp3) is 0.368. The van der Waals surface area contributed by atoms with E-state index in [1.54, 1.807) is 46.0 Å². The molecule has 1 aliphatic carbocycles. The summed E-state index contributed by atoms with van der Waals surface area (Å²) in [4.78, 5) is 32.5. The van der Waals surface area contributed by atoms with Gasteiger partial charge in [0.15, 0.2) is 17.3 Å². The van der Waals surface area contributed by atoms with Crippen molar-refractivity contribution in [1.82, 2.24) is 19.7 Å². The third-order valence-electron chi connectivity index (χ3n) is 4.42. The van der Waals surface area contributed by atoms with Crippen LogP contribution in [-0.4, -0.2) is 57.7 Å². The number of allylic oxidation sites excluding steroid dienone is 1. The number of aromatic nitrogens is 3. The van der Waals surface area contributed by atoms with Crippen LogP contribution in [0.3, 0.4) is 0 Å². The molecule has 1 saturated carbocycles. The molecular formula is C19H20N4O3S. The van der Waals surface area contributed by atoms with Crippen molar-refractivity contribution in [3.63, 3.8) is 0 Å². The molecule has 27 heavy (non-hydrogen) atoms. The van der Waals surface area contributed by atoms with Gasteiger partial charge in [-0.15, -0.1) is 11.8 Å². The number of thioether (sulfide) groups is 1. The van der Waals surface area contributed by atoms with Gasteiger partial charge >= 0.3 is 0 Å². The highest BCUT2D eigenvalue weighted by Gasteiger charge is 2.36. The van der Waals surface area contributed by atoms with Crippen LogP contribution in [0, 0.1) is 5.92 Å². The van der Waals surface area contributed by atoms with Crippen molar-refractivity contribution >= 4 is 23.3 Å². The van der Waals surface area contributed by atoms with Gasteiger partial charge in [0.05, 0.1) is 17.1 Å². The first-order valence-corrected chi connectivity index (χ1v) is 9.79. The molecule has 2 aromatic rings. The molecule has 0 spiro atoms. The Morgan fingerprint density at radius 2 is 2.15 bits per heavy atom. The summed E-state index contributed by atoms with van der Waals surface area (Å²) in [6.07, 6.45) is 6.40. The summed E-state index contributed by atoms with van der Waals surface area (Å²) >= 11 is 1.57. The second-order valence-corrected chi connectivity index (χ2v) is 7.91. The van der Waals surface area contributed by atoms with E-state index in [4.69, 9.17) is 4.74 Å². The number of Topliss-reactive ketones (excluding diaryl/α,β-unsaturated/α-hetero) is 2. The first-order chi connectivity index (χ1) is 13.1. The van der Waals surface area contributed by atoms with Crippen LogP contribution in [-0.2, 0) is 4.79 Å². The predicted octanol–water partition coefficient (Wildman–Crippen LogP) is 2.36. The molecule has 2 heterocycles. The van der Waals surface area contributed by atoms with Crippen molar-refractivity contribution < 1.29 is 14.3 Å². The standard InChI is InChI=1S/C19H20N4O3S/c1-22(2)9-14(16(24)12-3-4-12)17(25)13-5-6-15(23-11-20-10-21-23)18-19(13)27-8-7-26-18/h5-6,9-12H,3-4,7-8H2,1-2H3. The fourth-order valence-corrected chi connectivity index (χ4v) is 4.00. The van der Waals surface area contributed by atoms with Crippen molar-refractivity contribution in [2.75, 3.05) is 26.5 Å². The SMILES string of the molecule is CN(C)C=C(C(=O)c1ccc(-n2cncn2)c2c1SCCO2)C(=O)C1CC1. The maximum atomic E-state index is 13.3. The third-order valence-corrected chi connectivity index (χ3v) is 5.49. The summed E-state index contributed by atoms with van der Waals surface area (Å²) in [6, 6.07) is 3.55. The van der Waals surface area contributed by atoms with Gasteiger partial charge in [0, 0.05) is 37.5 Å². The Morgan fingerprint density at radius 1 is 1.33 bits per heavy atom. The number of ether oxygens (including phenoxy) is 1. The highest BCUT2D eigenvalue weighted by atomic mass is 32.2. The van der Waals surface area contributed by atoms with Crippen LogP contribution >= 0.6 is 11.8 Å². The van der Waals surface area contributed by atoms with E-state index in [2.05, 4.69) is 10.1 Å². The van der Waals surface area contributed by atoms with Gasteiger partial charge in [0.1, 0.15) is 18.3 Å². The molecule has 0 bridgehead atoms. The Bertz CT molecular complexity index is 917. The summed E-state index contributed by atoms with van der Waals surface area (Å²) in [7, 11) is 3.63. The predicted molar refractivity (Wildman–Crippen MR) is 101 cm³/mol. The lowest BCUT2D eigenvalue weighted by Gasteiger charge is -2.22. The zero-order chi connectivity index (χ0) is 19.0. The van der Waals surface area contributed by atoms with Crippen LogP contribution in [0.25, 0.3) is 5.69 Å². The minimum absolute atomic E-state index is 0.0192. The van der Waals surface area contributed by atoms with Gasteiger partial charge in [-0.05, 0) is 25.0 Å². The number of hydrogen-bond acceptors (Lipinski definition) is 7. The Morgan fingerprint density at radius 3 is 2.81 bits per heavy atom. The Labute approximate surface area is 161 Å². The van der Waals surface area contributed by atoms with E-state index >= 15 is 0 Å². The second kappa shape index (κ2) is 7.19. The van der Waals surface area contributed by atoms with E-state index in [0.717, 1.165) is 29.2 Å². The molecule has 1 fully saturated rings. The zero-order valence-corrected chi connectivity index (χ0v) is 16.0. The normalized spacial score (nSPS) is 16.4. The van der Waals surface area contributed by atoms with Gasteiger partial charge in [0.25, 0.3) is 0 Å². The lowest BCUT2D eigenvalue weighted by atomic mass is 9.97. The molecule has 7 nitrogen and oxygen atoms in total. The molecule has 0 atom stereocenters. The summed E-state index contributed by atoms with van der Waals surface area (Å²) < 4.78 is 7.49. The van der Waals surface area contributed by atoms with Crippen LogP contribution in [0.2, 0.25) is 0 Å². The molecular weight excluding hydrogens is 364 g/mol. The van der Waals surface area contributed by atoms with Gasteiger partial charge in [-0.2, -0.15) is 5.10 Å². The average Bonchev–Trinajstić information content (AvgIpc) is 3.38. The van der Waals surface area contributed by atoms with Gasteiger partial charge in [-0.25, -0.2) is 9.67 Å². The number of fused-ring (bicyclic) bond motifs is 1. The number of rotatable bonds is 6. The third kappa shape index (κ3) is 3.49. The van der Waals surface area contributed by atoms with Crippen molar-refractivity contribution in [3.05, 3.63) is 42.1 Å². The lowest BCUT2D eigenvalue weighted by molar-refractivity contribution is -0.116. The topological polar surface area (TPSA) is 77.3 Å². The monoisotopic (exact) mass is 384 g/mol. The van der Waals surface area contributed by atoms with Crippen molar-refractivity contribution in [1.29, 1.82) is 0 Å². The molecule has 0 saturated heterocycles. The van der Waals surface area contributed by atoms with Gasteiger partial charge in [-0.3, -0.25) is 9.59 Å². The van der Waals surface area contributed by atoms with Crippen LogP contribution < -0.4 is 4.74 Å². The van der Waals surface area contributed by atoms with Crippen LogP contribution in [0.15, 0.2) is 41.5 Å². The van der Waals surface area contributed by atoms with Crippen molar-refractivity contribution in [2.45, 2.75) is 17.7 Å². The molecule has 1 aliphatic heterocycles. The number of carbonyl (C=O) groups excluding carboxylic acids is 2. The molecule has 0 unspecified atom stereocenters. The minimum Gasteiger partial charge on any atom is -0.489 e. The summed E-state index contributed by atoms with van der Waals surface area (Å²) in [5.74, 6) is 1.03. The number of ketones is 2. The molecule has 140 valence electrons. The van der Waals surface area contributed by atoms with E-state index in [9.17, 15) is 9.59 Å². The maximum Gasteiger partial charge on any atom is 0.199 e. The molecule has 1 aromatic heterocycles. The number of carbonyl (C=O) groups is 2.